The van der Waals surface area contributed by atoms with Crippen molar-refractivity contribution in [1.29, 1.82) is 0 Å². The Bertz CT molecular complexity index is 723. The van der Waals surface area contributed by atoms with Gasteiger partial charge in [-0.2, -0.15) is 10.1 Å². The fourth-order valence-corrected chi connectivity index (χ4v) is 3.21. The van der Waals surface area contributed by atoms with Crippen LogP contribution in [0, 0.1) is 11.8 Å². The Morgan fingerprint density at radius 1 is 1.43 bits per heavy atom. The van der Waals surface area contributed by atoms with Crippen molar-refractivity contribution >= 4 is 0 Å². The van der Waals surface area contributed by atoms with Gasteiger partial charge in [-0.05, 0) is 12.5 Å². The van der Waals surface area contributed by atoms with Gasteiger partial charge in [0.25, 0.3) is 0 Å². The standard InChI is InChI=1S/C15H21N5O3/c1-5-15(22-4)11(3)10(2)13(23-15)19-7-6-12(18-14(19)21)20-9-16-8-17-20/h6-11,13H,5H2,1-4H3/t10-,11+,13-,15-/m1/s1. The molecule has 2 aromatic heterocycles. The zero-order valence-corrected chi connectivity index (χ0v) is 13.7. The molecular formula is C15H21N5O3. The number of hydrogen-bond acceptors (Lipinski definition) is 6. The molecule has 0 radical (unpaired) electrons. The minimum Gasteiger partial charge on any atom is -0.353 e. The van der Waals surface area contributed by atoms with Crippen molar-refractivity contribution in [3.8, 4) is 5.82 Å². The van der Waals surface area contributed by atoms with E-state index in [9.17, 15) is 4.79 Å². The third-order valence-corrected chi connectivity index (χ3v) is 4.83. The average molecular weight is 319 g/mol. The SMILES string of the molecule is CC[C@@]1(OC)O[C@@H](n2ccc(-n3cncn3)nc2=O)[C@H](C)[C@@H]1C. The molecule has 0 aromatic carbocycles. The van der Waals surface area contributed by atoms with E-state index in [4.69, 9.17) is 9.47 Å². The molecular weight excluding hydrogens is 298 g/mol. The summed E-state index contributed by atoms with van der Waals surface area (Å²) in [7, 11) is 1.64. The number of rotatable bonds is 4. The summed E-state index contributed by atoms with van der Waals surface area (Å²) in [5, 5.41) is 3.98. The lowest BCUT2D eigenvalue weighted by atomic mass is 9.89. The highest BCUT2D eigenvalue weighted by atomic mass is 16.7. The van der Waals surface area contributed by atoms with Crippen LogP contribution in [-0.4, -0.2) is 37.2 Å². The van der Waals surface area contributed by atoms with E-state index in [1.807, 2.05) is 6.92 Å². The second-order valence-corrected chi connectivity index (χ2v) is 5.84. The predicted molar refractivity (Wildman–Crippen MR) is 81.9 cm³/mol. The molecule has 8 heteroatoms. The van der Waals surface area contributed by atoms with E-state index in [1.165, 1.54) is 21.9 Å². The second kappa shape index (κ2) is 5.86. The van der Waals surface area contributed by atoms with Crippen molar-refractivity contribution < 1.29 is 9.47 Å². The molecule has 23 heavy (non-hydrogen) atoms. The van der Waals surface area contributed by atoms with Crippen molar-refractivity contribution in [2.45, 2.75) is 39.2 Å². The molecule has 0 aliphatic carbocycles. The smallest absolute Gasteiger partial charge is 0.351 e. The molecule has 1 fully saturated rings. The lowest BCUT2D eigenvalue weighted by molar-refractivity contribution is -0.241. The Morgan fingerprint density at radius 3 is 2.74 bits per heavy atom. The number of nitrogens with zero attached hydrogens (tertiary/aromatic N) is 5. The van der Waals surface area contributed by atoms with E-state index in [0.717, 1.165) is 0 Å². The fraction of sp³-hybridized carbons (Fsp3) is 0.600. The van der Waals surface area contributed by atoms with Crippen LogP contribution < -0.4 is 5.69 Å². The lowest BCUT2D eigenvalue weighted by Crippen LogP contribution is -2.36. The van der Waals surface area contributed by atoms with Gasteiger partial charge in [-0.25, -0.2) is 14.5 Å². The third-order valence-electron chi connectivity index (χ3n) is 4.83. The van der Waals surface area contributed by atoms with Gasteiger partial charge in [0, 0.05) is 25.1 Å². The van der Waals surface area contributed by atoms with E-state index in [1.54, 1.807) is 19.4 Å². The molecule has 3 rings (SSSR count). The third kappa shape index (κ3) is 2.47. The zero-order chi connectivity index (χ0) is 16.6. The van der Waals surface area contributed by atoms with Gasteiger partial charge in [-0.15, -0.1) is 0 Å². The molecule has 0 unspecified atom stereocenters. The first-order chi connectivity index (χ1) is 11.0. The minimum atomic E-state index is -0.673. The highest BCUT2D eigenvalue weighted by Crippen LogP contribution is 2.47. The summed E-state index contributed by atoms with van der Waals surface area (Å²) >= 11 is 0. The molecule has 124 valence electrons. The summed E-state index contributed by atoms with van der Waals surface area (Å²) in [5.74, 6) is 0.0284. The summed E-state index contributed by atoms with van der Waals surface area (Å²) in [6.45, 7) is 6.16. The van der Waals surface area contributed by atoms with E-state index >= 15 is 0 Å². The normalized spacial score (nSPS) is 30.7. The summed E-state index contributed by atoms with van der Waals surface area (Å²) in [6, 6.07) is 1.72. The average Bonchev–Trinajstić information content (AvgIpc) is 3.17. The zero-order valence-electron chi connectivity index (χ0n) is 13.7. The largest absolute Gasteiger partial charge is 0.353 e. The highest BCUT2D eigenvalue weighted by molar-refractivity contribution is 5.16. The van der Waals surface area contributed by atoms with Crippen molar-refractivity contribution in [2.24, 2.45) is 11.8 Å². The van der Waals surface area contributed by atoms with Gasteiger partial charge in [0.1, 0.15) is 18.9 Å². The summed E-state index contributed by atoms with van der Waals surface area (Å²) < 4.78 is 14.7. The number of aromatic nitrogens is 5. The molecule has 1 aliphatic rings. The highest BCUT2D eigenvalue weighted by Gasteiger charge is 2.51. The molecule has 1 aliphatic heterocycles. The fourth-order valence-electron chi connectivity index (χ4n) is 3.21. The van der Waals surface area contributed by atoms with Crippen molar-refractivity contribution in [3.05, 3.63) is 35.4 Å². The quantitative estimate of drug-likeness (QED) is 0.846. The first-order valence-electron chi connectivity index (χ1n) is 7.69. The predicted octanol–water partition coefficient (Wildman–Crippen LogP) is 1.38. The molecule has 4 atom stereocenters. The maximum atomic E-state index is 12.4. The van der Waals surface area contributed by atoms with Gasteiger partial charge < -0.3 is 9.47 Å². The first-order valence-corrected chi connectivity index (χ1v) is 7.69. The van der Waals surface area contributed by atoms with Crippen LogP contribution in [0.3, 0.4) is 0 Å². The van der Waals surface area contributed by atoms with Gasteiger partial charge in [-0.3, -0.25) is 4.57 Å². The Kier molecular flexibility index (Phi) is 4.03. The Balaban J connectivity index is 1.95. The molecule has 0 spiro atoms. The molecule has 2 aromatic rings. The van der Waals surface area contributed by atoms with Crippen molar-refractivity contribution in [3.63, 3.8) is 0 Å². The Morgan fingerprint density at radius 2 is 2.22 bits per heavy atom. The van der Waals surface area contributed by atoms with E-state index < -0.39 is 12.0 Å². The first kappa shape index (κ1) is 15.8. The topological polar surface area (TPSA) is 84.1 Å². The van der Waals surface area contributed by atoms with Crippen LogP contribution in [0.15, 0.2) is 29.7 Å². The minimum absolute atomic E-state index is 0.117. The van der Waals surface area contributed by atoms with Gasteiger partial charge in [0.05, 0.1) is 0 Å². The number of ether oxygens (including phenoxy) is 2. The van der Waals surface area contributed by atoms with Crippen LogP contribution >= 0.6 is 0 Å². The van der Waals surface area contributed by atoms with Crippen LogP contribution in [-0.2, 0) is 9.47 Å². The monoisotopic (exact) mass is 319 g/mol. The van der Waals surface area contributed by atoms with Crippen LogP contribution in [0.4, 0.5) is 0 Å². The van der Waals surface area contributed by atoms with Crippen LogP contribution in [0.2, 0.25) is 0 Å². The maximum Gasteiger partial charge on any atom is 0.351 e. The van der Waals surface area contributed by atoms with Crippen molar-refractivity contribution in [2.75, 3.05) is 7.11 Å². The van der Waals surface area contributed by atoms with Gasteiger partial charge in [-0.1, -0.05) is 20.8 Å². The summed E-state index contributed by atoms with van der Waals surface area (Å²) in [5.41, 5.74) is -0.384. The molecule has 0 saturated carbocycles. The number of hydrogen-bond donors (Lipinski definition) is 0. The van der Waals surface area contributed by atoms with Crippen LogP contribution in [0.5, 0.6) is 0 Å². The lowest BCUT2D eigenvalue weighted by Gasteiger charge is -2.30. The van der Waals surface area contributed by atoms with Crippen LogP contribution in [0.1, 0.15) is 33.4 Å². The van der Waals surface area contributed by atoms with Gasteiger partial charge in [0.2, 0.25) is 0 Å². The van der Waals surface area contributed by atoms with Gasteiger partial charge >= 0.3 is 5.69 Å². The molecule has 8 nitrogen and oxygen atoms in total. The molecule has 0 amide bonds. The van der Waals surface area contributed by atoms with Crippen LogP contribution in [0.25, 0.3) is 5.82 Å². The Hall–Kier alpha value is -2.06. The van der Waals surface area contributed by atoms with E-state index in [2.05, 4.69) is 28.9 Å². The molecule has 3 heterocycles. The summed E-state index contributed by atoms with van der Waals surface area (Å²) in [6.07, 6.45) is 4.88. The van der Waals surface area contributed by atoms with Crippen molar-refractivity contribution in [1.82, 2.24) is 24.3 Å². The van der Waals surface area contributed by atoms with E-state index in [0.29, 0.717) is 12.2 Å². The molecule has 0 N–H and O–H groups in total. The second-order valence-electron chi connectivity index (χ2n) is 5.84. The van der Waals surface area contributed by atoms with Gasteiger partial charge in [0.15, 0.2) is 11.6 Å². The summed E-state index contributed by atoms with van der Waals surface area (Å²) in [4.78, 5) is 20.4. The number of methoxy groups -OCH3 is 1. The molecule has 0 bridgehead atoms. The van der Waals surface area contributed by atoms with E-state index in [-0.39, 0.29) is 17.5 Å². The molecule has 1 saturated heterocycles. The Labute approximate surface area is 134 Å². The maximum absolute atomic E-state index is 12.4.